The molecular formula is C23H24N10O. The number of anilines is 2. The Kier molecular flexibility index (Phi) is 6.54. The van der Waals surface area contributed by atoms with Gasteiger partial charge in [0.1, 0.15) is 5.82 Å². The molecule has 3 heterocycles. The smallest absolute Gasteiger partial charge is 0.271 e. The minimum atomic E-state index is -0.490. The second-order valence-electron chi connectivity index (χ2n) is 7.27. The molecule has 1 amide bonds. The van der Waals surface area contributed by atoms with E-state index >= 15 is 0 Å². The van der Waals surface area contributed by atoms with E-state index < -0.39 is 5.91 Å². The van der Waals surface area contributed by atoms with Crippen LogP contribution in [0, 0.1) is 0 Å². The van der Waals surface area contributed by atoms with Crippen LogP contribution in [-0.4, -0.2) is 32.1 Å². The Morgan fingerprint density at radius 1 is 1.21 bits per heavy atom. The quantitative estimate of drug-likeness (QED) is 0.202. The predicted molar refractivity (Wildman–Crippen MR) is 131 cm³/mol. The minimum absolute atomic E-state index is 0.0285. The zero-order valence-electron chi connectivity index (χ0n) is 18.1. The summed E-state index contributed by atoms with van der Waals surface area (Å²) in [5, 5.41) is 17.0. The lowest BCUT2D eigenvalue weighted by Crippen LogP contribution is -2.31. The number of H-pyrrole nitrogens is 1. The maximum atomic E-state index is 12.2. The van der Waals surface area contributed by atoms with Crippen molar-refractivity contribution >= 4 is 33.9 Å². The fourth-order valence-electron chi connectivity index (χ4n) is 3.19. The topological polar surface area (TPSA) is 186 Å². The molecule has 0 fully saturated rings. The number of aromatic amines is 1. The molecule has 1 unspecified atom stereocenters. The number of benzene rings is 1. The van der Waals surface area contributed by atoms with Crippen LogP contribution in [0.15, 0.2) is 91.0 Å². The van der Waals surface area contributed by atoms with Crippen molar-refractivity contribution in [2.75, 3.05) is 5.32 Å². The van der Waals surface area contributed by atoms with Gasteiger partial charge in [-0.25, -0.2) is 9.97 Å². The van der Waals surface area contributed by atoms with E-state index in [1.54, 1.807) is 30.7 Å². The molecule has 0 aliphatic carbocycles. The van der Waals surface area contributed by atoms with E-state index in [1.165, 1.54) is 18.5 Å². The van der Waals surface area contributed by atoms with Crippen LogP contribution in [0.3, 0.4) is 0 Å². The van der Waals surface area contributed by atoms with Crippen molar-refractivity contribution < 1.29 is 4.79 Å². The fraction of sp³-hybridized carbons (Fsp3) is 0.0435. The average Bonchev–Trinajstić information content (AvgIpc) is 3.32. The number of hydrogen-bond donors (Lipinski definition) is 7. The van der Waals surface area contributed by atoms with Crippen molar-refractivity contribution in [2.24, 2.45) is 17.2 Å². The molecule has 1 aliphatic heterocycles. The van der Waals surface area contributed by atoms with Crippen molar-refractivity contribution in [3.8, 4) is 0 Å². The van der Waals surface area contributed by atoms with Crippen LogP contribution in [0.2, 0.25) is 0 Å². The van der Waals surface area contributed by atoms with Crippen LogP contribution < -0.4 is 33.2 Å². The number of amides is 1. The Morgan fingerprint density at radius 2 is 2.09 bits per heavy atom. The number of carbonyl (C=O) groups excluding carboxylic acids is 1. The van der Waals surface area contributed by atoms with Crippen molar-refractivity contribution in [3.05, 3.63) is 96.8 Å². The summed E-state index contributed by atoms with van der Waals surface area (Å²) in [6.07, 6.45) is 14.5. The highest BCUT2D eigenvalue weighted by atomic mass is 16.2. The summed E-state index contributed by atoms with van der Waals surface area (Å²) in [6, 6.07) is 7.38. The van der Waals surface area contributed by atoms with Gasteiger partial charge in [-0.05, 0) is 42.6 Å². The predicted octanol–water partition coefficient (Wildman–Crippen LogP) is 1.20. The maximum Gasteiger partial charge on any atom is 0.271 e. The van der Waals surface area contributed by atoms with Gasteiger partial charge in [-0.3, -0.25) is 9.89 Å². The molecule has 4 rings (SSSR count). The van der Waals surface area contributed by atoms with E-state index in [0.29, 0.717) is 17.3 Å². The zero-order chi connectivity index (χ0) is 23.9. The molecule has 0 radical (unpaired) electrons. The summed E-state index contributed by atoms with van der Waals surface area (Å²) in [6.45, 7) is 0. The molecule has 172 valence electrons. The average molecular weight is 457 g/mol. The second kappa shape index (κ2) is 10.0. The van der Waals surface area contributed by atoms with Crippen LogP contribution >= 0.6 is 0 Å². The first-order valence-corrected chi connectivity index (χ1v) is 10.3. The van der Waals surface area contributed by atoms with Crippen molar-refractivity contribution in [1.82, 2.24) is 30.8 Å². The molecule has 10 N–H and O–H groups in total. The molecule has 11 nitrogen and oxygen atoms in total. The molecule has 0 spiro atoms. The summed E-state index contributed by atoms with van der Waals surface area (Å²) in [7, 11) is 0. The number of nitrogens with zero attached hydrogens (tertiary/aromatic N) is 3. The third-order valence-electron chi connectivity index (χ3n) is 4.88. The normalized spacial score (nSPS) is 16.4. The fourth-order valence-corrected chi connectivity index (χ4v) is 3.19. The van der Waals surface area contributed by atoms with Crippen LogP contribution in [0.4, 0.5) is 11.5 Å². The Bertz CT molecular complexity index is 1350. The van der Waals surface area contributed by atoms with Gasteiger partial charge in [0.05, 0.1) is 29.1 Å². The number of dihydropyridines is 1. The van der Waals surface area contributed by atoms with E-state index in [1.807, 2.05) is 30.4 Å². The summed E-state index contributed by atoms with van der Waals surface area (Å²) in [4.78, 5) is 21.2. The molecule has 0 bridgehead atoms. The second-order valence-corrected chi connectivity index (χ2v) is 7.27. The van der Waals surface area contributed by atoms with Gasteiger partial charge >= 0.3 is 0 Å². The largest absolute Gasteiger partial charge is 0.405 e. The molecule has 0 saturated heterocycles. The lowest BCUT2D eigenvalue weighted by atomic mass is 10.1. The highest BCUT2D eigenvalue weighted by Crippen LogP contribution is 2.21. The molecule has 3 aromatic rings. The van der Waals surface area contributed by atoms with Gasteiger partial charge in [0.15, 0.2) is 5.82 Å². The molecule has 1 aliphatic rings. The Labute approximate surface area is 195 Å². The van der Waals surface area contributed by atoms with Gasteiger partial charge in [0.25, 0.3) is 5.91 Å². The number of nitrogens with two attached hydrogens (primary N) is 3. The van der Waals surface area contributed by atoms with Crippen molar-refractivity contribution in [1.29, 1.82) is 0 Å². The van der Waals surface area contributed by atoms with Crippen LogP contribution in [0.5, 0.6) is 0 Å². The van der Waals surface area contributed by atoms with Gasteiger partial charge < -0.3 is 33.2 Å². The number of aromatic nitrogens is 4. The van der Waals surface area contributed by atoms with Gasteiger partial charge in [0, 0.05) is 35.2 Å². The molecule has 1 atom stereocenters. The first-order valence-electron chi connectivity index (χ1n) is 10.3. The number of allylic oxidation sites excluding steroid dienone is 3. The van der Waals surface area contributed by atoms with Crippen molar-refractivity contribution in [2.45, 2.75) is 6.04 Å². The third-order valence-corrected chi connectivity index (χ3v) is 4.88. The molecule has 34 heavy (non-hydrogen) atoms. The number of rotatable bonds is 7. The highest BCUT2D eigenvalue weighted by Gasteiger charge is 2.13. The van der Waals surface area contributed by atoms with Gasteiger partial charge in [0.2, 0.25) is 0 Å². The zero-order valence-corrected chi connectivity index (χ0v) is 18.1. The summed E-state index contributed by atoms with van der Waals surface area (Å²) < 4.78 is 0. The molecule has 1 aromatic carbocycles. The van der Waals surface area contributed by atoms with E-state index in [-0.39, 0.29) is 11.7 Å². The van der Waals surface area contributed by atoms with E-state index in [2.05, 4.69) is 36.1 Å². The summed E-state index contributed by atoms with van der Waals surface area (Å²) in [5.74, 6) is 0.702. The number of hydrogen-bond acceptors (Lipinski definition) is 9. The molecule has 0 saturated carbocycles. The molecule has 2 aromatic heterocycles. The summed E-state index contributed by atoms with van der Waals surface area (Å²) in [5.41, 5.74) is 19.7. The van der Waals surface area contributed by atoms with Gasteiger partial charge in [-0.15, -0.1) is 0 Å². The van der Waals surface area contributed by atoms with Crippen molar-refractivity contribution in [3.63, 3.8) is 0 Å². The van der Waals surface area contributed by atoms with Crippen LogP contribution in [0.1, 0.15) is 5.82 Å². The highest BCUT2D eigenvalue weighted by molar-refractivity contribution is 5.94. The Morgan fingerprint density at radius 3 is 2.85 bits per heavy atom. The van der Waals surface area contributed by atoms with Crippen LogP contribution in [0.25, 0.3) is 16.5 Å². The Balaban J connectivity index is 1.41. The van der Waals surface area contributed by atoms with E-state index in [9.17, 15) is 4.79 Å². The summed E-state index contributed by atoms with van der Waals surface area (Å²) >= 11 is 0. The number of fused-ring (bicyclic) bond motifs is 1. The SMILES string of the molecule is N/C=C\C(=C/N)NC(=O)/C(N)=C/C1C=CC(c2nccc(Nc3ccc4[nH]ncc4c3)n2)=CN1. The monoisotopic (exact) mass is 456 g/mol. The number of nitrogens with one attached hydrogen (secondary N) is 4. The Hall–Kier alpha value is -5.06. The third kappa shape index (κ3) is 5.22. The molecular weight excluding hydrogens is 432 g/mol. The maximum absolute atomic E-state index is 12.2. The van der Waals surface area contributed by atoms with E-state index in [4.69, 9.17) is 17.2 Å². The van der Waals surface area contributed by atoms with Gasteiger partial charge in [-0.1, -0.05) is 12.2 Å². The minimum Gasteiger partial charge on any atom is -0.405 e. The number of carbonyl (C=O) groups is 1. The first kappa shape index (κ1) is 22.1. The van der Waals surface area contributed by atoms with E-state index in [0.717, 1.165) is 22.2 Å². The van der Waals surface area contributed by atoms with Gasteiger partial charge in [-0.2, -0.15) is 5.10 Å². The standard InChI is InChI=1S/C23H24N10O/c24-7-5-18(11-25)31-23(34)19(26)10-16-2-1-14(12-28-16)22-27-8-6-21(32-22)30-17-3-4-20-15(9-17)13-29-33-20/h1-13,16,28H,24-26H2,(H,29,33)(H,31,34)(H,27,30,32)/b7-5-,18-11+,19-10-. The lowest BCUT2D eigenvalue weighted by molar-refractivity contribution is -0.116. The van der Waals surface area contributed by atoms with Crippen LogP contribution in [-0.2, 0) is 4.79 Å². The lowest BCUT2D eigenvalue weighted by Gasteiger charge is -2.16. The first-order chi connectivity index (χ1) is 16.6. The molecule has 11 heteroatoms.